The molecular formula is C15H25N3O. The molecular weight excluding hydrogens is 238 g/mol. The average Bonchev–Trinajstić information content (AvgIpc) is 2.39. The van der Waals surface area contributed by atoms with Gasteiger partial charge in [0.2, 0.25) is 0 Å². The molecule has 106 valence electrons. The number of hydrogen-bond acceptors (Lipinski definition) is 4. The Balaban J connectivity index is 2.07. The number of aromatic nitrogens is 1. The van der Waals surface area contributed by atoms with Crippen LogP contribution in [0.3, 0.4) is 0 Å². The first-order valence-electron chi connectivity index (χ1n) is 7.18. The Morgan fingerprint density at radius 1 is 1.47 bits per heavy atom. The lowest BCUT2D eigenvalue weighted by atomic mass is 9.94. The first-order chi connectivity index (χ1) is 9.02. The summed E-state index contributed by atoms with van der Waals surface area (Å²) in [5, 5.41) is 13.4. The van der Waals surface area contributed by atoms with E-state index in [4.69, 9.17) is 0 Å². The minimum absolute atomic E-state index is 0.347. The summed E-state index contributed by atoms with van der Waals surface area (Å²) in [7, 11) is 0. The van der Waals surface area contributed by atoms with Gasteiger partial charge in [0.05, 0.1) is 5.60 Å². The second-order valence-corrected chi connectivity index (χ2v) is 5.71. The van der Waals surface area contributed by atoms with Crippen LogP contribution in [0.15, 0.2) is 18.3 Å². The highest BCUT2D eigenvalue weighted by Gasteiger charge is 2.27. The molecule has 0 saturated carbocycles. The van der Waals surface area contributed by atoms with E-state index in [1.807, 2.05) is 13.1 Å². The molecule has 0 bridgehead atoms. The summed E-state index contributed by atoms with van der Waals surface area (Å²) < 4.78 is 0. The Kier molecular flexibility index (Phi) is 4.42. The molecule has 0 spiro atoms. The molecule has 4 nitrogen and oxygen atoms in total. The molecule has 1 aromatic rings. The van der Waals surface area contributed by atoms with E-state index in [9.17, 15) is 5.11 Å². The van der Waals surface area contributed by atoms with Crippen molar-refractivity contribution in [2.45, 2.75) is 45.3 Å². The van der Waals surface area contributed by atoms with Crippen LogP contribution in [0.2, 0.25) is 0 Å². The van der Waals surface area contributed by atoms with Gasteiger partial charge in [-0.1, -0.05) is 6.92 Å². The summed E-state index contributed by atoms with van der Waals surface area (Å²) in [6, 6.07) is 4.57. The third-order valence-corrected chi connectivity index (χ3v) is 3.94. The maximum absolute atomic E-state index is 9.99. The number of nitrogens with zero attached hydrogens (tertiary/aromatic N) is 2. The van der Waals surface area contributed by atoms with Gasteiger partial charge in [-0.3, -0.25) is 0 Å². The molecule has 19 heavy (non-hydrogen) atoms. The van der Waals surface area contributed by atoms with Crippen LogP contribution in [0.5, 0.6) is 0 Å². The van der Waals surface area contributed by atoms with Gasteiger partial charge in [0.15, 0.2) is 0 Å². The van der Waals surface area contributed by atoms with E-state index in [0.717, 1.165) is 38.3 Å². The van der Waals surface area contributed by atoms with Crippen LogP contribution in [0, 0.1) is 0 Å². The zero-order valence-electron chi connectivity index (χ0n) is 12.2. The van der Waals surface area contributed by atoms with Crippen molar-refractivity contribution in [2.75, 3.05) is 24.5 Å². The average molecular weight is 263 g/mol. The van der Waals surface area contributed by atoms with Crippen LogP contribution in [-0.4, -0.2) is 35.3 Å². The zero-order valence-corrected chi connectivity index (χ0v) is 12.2. The van der Waals surface area contributed by atoms with Crippen LogP contribution in [-0.2, 0) is 0 Å². The summed E-state index contributed by atoms with van der Waals surface area (Å²) in [5.41, 5.74) is 0.759. The monoisotopic (exact) mass is 263 g/mol. The predicted octanol–water partition coefficient (Wildman–Crippen LogP) is 2.10. The fraction of sp³-hybridized carbons (Fsp3) is 0.667. The quantitative estimate of drug-likeness (QED) is 0.873. The van der Waals surface area contributed by atoms with E-state index in [2.05, 4.69) is 41.2 Å². The van der Waals surface area contributed by atoms with Crippen molar-refractivity contribution in [2.24, 2.45) is 0 Å². The second-order valence-electron chi connectivity index (χ2n) is 5.71. The van der Waals surface area contributed by atoms with Crippen LogP contribution in [0.25, 0.3) is 0 Å². The Hall–Kier alpha value is -1.13. The lowest BCUT2D eigenvalue weighted by molar-refractivity contribution is 0.0350. The first kappa shape index (κ1) is 14.3. The molecule has 2 N–H and O–H groups in total. The number of rotatable bonds is 4. The highest BCUT2D eigenvalue weighted by molar-refractivity contribution is 5.42. The smallest absolute Gasteiger partial charge is 0.128 e. The number of hydrogen-bond donors (Lipinski definition) is 2. The number of pyridine rings is 1. The lowest BCUT2D eigenvalue weighted by Crippen LogP contribution is -2.42. The van der Waals surface area contributed by atoms with Gasteiger partial charge in [0.25, 0.3) is 0 Å². The molecule has 1 fully saturated rings. The summed E-state index contributed by atoms with van der Waals surface area (Å²) >= 11 is 0. The third-order valence-electron chi connectivity index (χ3n) is 3.94. The molecule has 1 saturated heterocycles. The highest BCUT2D eigenvalue weighted by atomic mass is 16.3. The Bertz CT molecular complexity index is 410. The number of nitrogens with one attached hydrogen (secondary N) is 1. The van der Waals surface area contributed by atoms with Crippen LogP contribution in [0.4, 0.5) is 5.82 Å². The minimum Gasteiger partial charge on any atom is -0.390 e. The Labute approximate surface area is 115 Å². The van der Waals surface area contributed by atoms with Crippen LogP contribution in [0.1, 0.15) is 45.2 Å². The van der Waals surface area contributed by atoms with Gasteiger partial charge in [-0.2, -0.15) is 0 Å². The SMILES string of the molecule is CCNC(C)c1ccnc(N2CCC(C)(O)CC2)c1. The summed E-state index contributed by atoms with van der Waals surface area (Å²) in [6.45, 7) is 8.92. The molecule has 2 rings (SSSR count). The molecule has 0 aromatic carbocycles. The van der Waals surface area contributed by atoms with Crippen molar-refractivity contribution in [1.29, 1.82) is 0 Å². The maximum Gasteiger partial charge on any atom is 0.128 e. The van der Waals surface area contributed by atoms with Crippen molar-refractivity contribution in [1.82, 2.24) is 10.3 Å². The van der Waals surface area contributed by atoms with E-state index in [0.29, 0.717) is 6.04 Å². The second kappa shape index (κ2) is 5.88. The molecule has 1 unspecified atom stereocenters. The minimum atomic E-state index is -0.509. The Morgan fingerprint density at radius 3 is 2.79 bits per heavy atom. The molecule has 1 aliphatic rings. The van der Waals surface area contributed by atoms with Crippen molar-refractivity contribution in [3.05, 3.63) is 23.9 Å². The van der Waals surface area contributed by atoms with Crippen molar-refractivity contribution < 1.29 is 5.11 Å². The maximum atomic E-state index is 9.99. The van der Waals surface area contributed by atoms with Crippen molar-refractivity contribution >= 4 is 5.82 Å². The van der Waals surface area contributed by atoms with Gasteiger partial charge in [-0.15, -0.1) is 0 Å². The highest BCUT2D eigenvalue weighted by Crippen LogP contribution is 2.26. The van der Waals surface area contributed by atoms with Gasteiger partial charge in [0, 0.05) is 25.3 Å². The molecule has 2 heterocycles. The van der Waals surface area contributed by atoms with Crippen LogP contribution < -0.4 is 10.2 Å². The molecule has 4 heteroatoms. The third kappa shape index (κ3) is 3.67. The fourth-order valence-corrected chi connectivity index (χ4v) is 2.52. The van der Waals surface area contributed by atoms with Crippen molar-refractivity contribution in [3.63, 3.8) is 0 Å². The largest absolute Gasteiger partial charge is 0.390 e. The number of piperidine rings is 1. The molecule has 0 amide bonds. The van der Waals surface area contributed by atoms with Crippen molar-refractivity contribution in [3.8, 4) is 0 Å². The van der Waals surface area contributed by atoms with Gasteiger partial charge >= 0.3 is 0 Å². The van der Waals surface area contributed by atoms with Gasteiger partial charge in [-0.05, 0) is 50.9 Å². The summed E-state index contributed by atoms with van der Waals surface area (Å²) in [5.74, 6) is 1.03. The topological polar surface area (TPSA) is 48.4 Å². The molecule has 1 atom stereocenters. The normalized spacial score (nSPS) is 20.3. The van der Waals surface area contributed by atoms with Gasteiger partial charge in [-0.25, -0.2) is 4.98 Å². The van der Waals surface area contributed by atoms with E-state index < -0.39 is 5.60 Å². The number of anilines is 1. The van der Waals surface area contributed by atoms with Gasteiger partial charge < -0.3 is 15.3 Å². The van der Waals surface area contributed by atoms with Gasteiger partial charge in [0.1, 0.15) is 5.82 Å². The van der Waals surface area contributed by atoms with E-state index in [1.165, 1.54) is 5.56 Å². The van der Waals surface area contributed by atoms with Crippen LogP contribution >= 0.6 is 0 Å². The fourth-order valence-electron chi connectivity index (χ4n) is 2.52. The number of aliphatic hydroxyl groups is 1. The summed E-state index contributed by atoms with van der Waals surface area (Å²) in [6.07, 6.45) is 3.49. The summed E-state index contributed by atoms with van der Waals surface area (Å²) in [4.78, 5) is 6.73. The zero-order chi connectivity index (χ0) is 13.9. The Morgan fingerprint density at radius 2 is 2.16 bits per heavy atom. The molecule has 1 aromatic heterocycles. The standard InChI is InChI=1S/C15H25N3O/c1-4-16-12(2)13-5-8-17-14(11-13)18-9-6-15(3,19)7-10-18/h5,8,11-12,16,19H,4,6-7,9-10H2,1-3H3. The van der Waals surface area contributed by atoms with E-state index >= 15 is 0 Å². The molecule has 0 radical (unpaired) electrons. The van der Waals surface area contributed by atoms with E-state index in [1.54, 1.807) is 0 Å². The molecule has 1 aliphatic heterocycles. The first-order valence-corrected chi connectivity index (χ1v) is 7.18. The predicted molar refractivity (Wildman–Crippen MR) is 78.4 cm³/mol. The van der Waals surface area contributed by atoms with E-state index in [-0.39, 0.29) is 0 Å². The lowest BCUT2D eigenvalue weighted by Gasteiger charge is -2.36. The molecule has 0 aliphatic carbocycles.